The molecule has 0 saturated carbocycles. The number of nitrogens with zero attached hydrogens (tertiary/aromatic N) is 2. The fourth-order valence-electron chi connectivity index (χ4n) is 3.86. The number of benzene rings is 3. The van der Waals surface area contributed by atoms with Gasteiger partial charge >= 0.3 is 0 Å². The van der Waals surface area contributed by atoms with E-state index in [1.54, 1.807) is 14.2 Å². The molecule has 0 aliphatic heterocycles. The molecule has 0 bridgehead atoms. The third kappa shape index (κ3) is 4.93. The van der Waals surface area contributed by atoms with Gasteiger partial charge in [-0.25, -0.2) is 0 Å². The van der Waals surface area contributed by atoms with Crippen molar-refractivity contribution in [1.29, 1.82) is 0 Å². The quantitative estimate of drug-likeness (QED) is 0.235. The average molecular weight is 441 g/mol. The van der Waals surface area contributed by atoms with E-state index < -0.39 is 0 Å². The van der Waals surface area contributed by atoms with Gasteiger partial charge in [-0.1, -0.05) is 47.6 Å². The van der Waals surface area contributed by atoms with E-state index in [2.05, 4.69) is 40.9 Å². The lowest BCUT2D eigenvalue weighted by molar-refractivity contribution is 0.130. The highest BCUT2D eigenvalue weighted by atomic mass is 16.6. The molecule has 4 aromatic rings. The Morgan fingerprint density at radius 3 is 2.24 bits per heavy atom. The van der Waals surface area contributed by atoms with Crippen LogP contribution >= 0.6 is 0 Å². The van der Waals surface area contributed by atoms with Gasteiger partial charge in [0.05, 0.1) is 25.6 Å². The highest BCUT2D eigenvalue weighted by Gasteiger charge is 2.17. The molecule has 0 spiro atoms. The minimum Gasteiger partial charge on any atom is -0.497 e. The van der Waals surface area contributed by atoms with Crippen molar-refractivity contribution >= 4 is 5.71 Å². The van der Waals surface area contributed by atoms with E-state index in [-0.39, 0.29) is 0 Å². The number of oxime groups is 1. The molecule has 4 rings (SSSR count). The van der Waals surface area contributed by atoms with Crippen LogP contribution in [0.5, 0.6) is 11.5 Å². The maximum atomic E-state index is 5.66. The molecular formula is C28H28N2O3. The smallest absolute Gasteiger partial charge is 0.142 e. The minimum atomic E-state index is 0.430. The molecule has 0 saturated heterocycles. The topological polar surface area (TPSA) is 45.0 Å². The largest absolute Gasteiger partial charge is 0.497 e. The van der Waals surface area contributed by atoms with E-state index in [9.17, 15) is 0 Å². The molecule has 5 nitrogen and oxygen atoms in total. The SMILES string of the molecule is COc1ccc(-n2c(-c3cccc(OC)c3)cc(/C(C)=N/OCc3ccccc3)c2C)cc1. The molecule has 168 valence electrons. The normalized spacial score (nSPS) is 11.3. The van der Waals surface area contributed by atoms with Crippen molar-refractivity contribution in [2.75, 3.05) is 14.2 Å². The predicted molar refractivity (Wildman–Crippen MR) is 132 cm³/mol. The summed E-state index contributed by atoms with van der Waals surface area (Å²) < 4.78 is 13.0. The molecule has 3 aromatic carbocycles. The molecule has 5 heteroatoms. The van der Waals surface area contributed by atoms with Crippen molar-refractivity contribution in [3.05, 3.63) is 102 Å². The lowest BCUT2D eigenvalue weighted by atomic mass is 10.1. The molecular weight excluding hydrogens is 412 g/mol. The number of methoxy groups -OCH3 is 2. The predicted octanol–water partition coefficient (Wildman–Crippen LogP) is 6.41. The highest BCUT2D eigenvalue weighted by Crippen LogP contribution is 2.32. The number of hydrogen-bond donors (Lipinski definition) is 0. The van der Waals surface area contributed by atoms with Gasteiger partial charge in [-0.3, -0.25) is 0 Å². The lowest BCUT2D eigenvalue weighted by Gasteiger charge is -2.13. The van der Waals surface area contributed by atoms with Gasteiger partial charge in [-0.2, -0.15) is 0 Å². The third-order valence-corrected chi connectivity index (χ3v) is 5.61. The van der Waals surface area contributed by atoms with E-state index in [1.165, 1.54) is 0 Å². The van der Waals surface area contributed by atoms with Gasteiger partial charge in [-0.05, 0) is 61.9 Å². The second-order valence-corrected chi connectivity index (χ2v) is 7.73. The first-order valence-corrected chi connectivity index (χ1v) is 10.8. The van der Waals surface area contributed by atoms with Crippen LogP contribution in [0.1, 0.15) is 23.7 Å². The van der Waals surface area contributed by atoms with Gasteiger partial charge in [0, 0.05) is 22.5 Å². The molecule has 0 radical (unpaired) electrons. The Hall–Kier alpha value is -3.99. The van der Waals surface area contributed by atoms with Crippen LogP contribution in [0.2, 0.25) is 0 Å². The van der Waals surface area contributed by atoms with Gasteiger partial charge in [0.25, 0.3) is 0 Å². The van der Waals surface area contributed by atoms with Crippen LogP contribution in [0.3, 0.4) is 0 Å². The Balaban J connectivity index is 1.74. The maximum Gasteiger partial charge on any atom is 0.142 e. The molecule has 1 heterocycles. The highest BCUT2D eigenvalue weighted by molar-refractivity contribution is 6.01. The van der Waals surface area contributed by atoms with Crippen molar-refractivity contribution < 1.29 is 14.3 Å². The fraction of sp³-hybridized carbons (Fsp3) is 0.179. The first kappa shape index (κ1) is 22.2. The summed E-state index contributed by atoms with van der Waals surface area (Å²) in [5.41, 5.74) is 7.13. The molecule has 0 atom stereocenters. The summed E-state index contributed by atoms with van der Waals surface area (Å²) in [6.07, 6.45) is 0. The zero-order chi connectivity index (χ0) is 23.2. The zero-order valence-electron chi connectivity index (χ0n) is 19.4. The summed E-state index contributed by atoms with van der Waals surface area (Å²) in [4.78, 5) is 5.66. The first-order chi connectivity index (χ1) is 16.1. The second-order valence-electron chi connectivity index (χ2n) is 7.73. The van der Waals surface area contributed by atoms with Crippen molar-refractivity contribution in [2.24, 2.45) is 5.16 Å². The number of ether oxygens (including phenoxy) is 2. The number of rotatable bonds is 8. The van der Waals surface area contributed by atoms with Gasteiger partial charge in [0.15, 0.2) is 0 Å². The Labute approximate surface area is 194 Å². The molecule has 0 aliphatic carbocycles. The summed E-state index contributed by atoms with van der Waals surface area (Å²) in [5.74, 6) is 1.63. The standard InChI is InChI=1S/C28H28N2O3/c1-20(29-33-19-22-9-6-5-7-10-22)27-18-28(23-11-8-12-26(17-23)32-4)30(21(27)2)24-13-15-25(31-3)16-14-24/h5-18H,19H2,1-4H3/b29-20+. The molecule has 0 aliphatic rings. The van der Waals surface area contributed by atoms with E-state index in [4.69, 9.17) is 14.3 Å². The summed E-state index contributed by atoms with van der Waals surface area (Å²) in [6, 6.07) is 28.3. The van der Waals surface area contributed by atoms with Gasteiger partial charge in [-0.15, -0.1) is 0 Å². The fourth-order valence-corrected chi connectivity index (χ4v) is 3.86. The molecule has 0 fully saturated rings. The van der Waals surface area contributed by atoms with Crippen LogP contribution < -0.4 is 9.47 Å². The van der Waals surface area contributed by atoms with Gasteiger partial charge in [0.1, 0.15) is 18.1 Å². The van der Waals surface area contributed by atoms with Crippen molar-refractivity contribution in [3.63, 3.8) is 0 Å². The average Bonchev–Trinajstić information content (AvgIpc) is 3.21. The van der Waals surface area contributed by atoms with Gasteiger partial charge < -0.3 is 18.9 Å². The number of aromatic nitrogens is 1. The first-order valence-electron chi connectivity index (χ1n) is 10.8. The van der Waals surface area contributed by atoms with Gasteiger partial charge in [0.2, 0.25) is 0 Å². The Bertz CT molecular complexity index is 1240. The van der Waals surface area contributed by atoms with Crippen LogP contribution in [0.4, 0.5) is 0 Å². The van der Waals surface area contributed by atoms with E-state index in [0.717, 1.165) is 51.0 Å². The molecule has 0 unspecified atom stereocenters. The number of hydrogen-bond acceptors (Lipinski definition) is 4. The minimum absolute atomic E-state index is 0.430. The van der Waals surface area contributed by atoms with Crippen LogP contribution in [-0.4, -0.2) is 24.5 Å². The Morgan fingerprint density at radius 1 is 0.818 bits per heavy atom. The van der Waals surface area contributed by atoms with Crippen LogP contribution in [0.25, 0.3) is 16.9 Å². The summed E-state index contributed by atoms with van der Waals surface area (Å²) in [7, 11) is 3.35. The van der Waals surface area contributed by atoms with Crippen LogP contribution in [0.15, 0.2) is 90.1 Å². The summed E-state index contributed by atoms with van der Waals surface area (Å²) in [6.45, 7) is 4.50. The lowest BCUT2D eigenvalue weighted by Crippen LogP contribution is -2.02. The van der Waals surface area contributed by atoms with Crippen LogP contribution in [0, 0.1) is 6.92 Å². The molecule has 0 amide bonds. The van der Waals surface area contributed by atoms with E-state index in [1.807, 2.05) is 67.6 Å². The molecule has 33 heavy (non-hydrogen) atoms. The second kappa shape index (κ2) is 10.1. The molecule has 1 aromatic heterocycles. The van der Waals surface area contributed by atoms with Crippen molar-refractivity contribution in [3.8, 4) is 28.4 Å². The van der Waals surface area contributed by atoms with E-state index in [0.29, 0.717) is 6.61 Å². The molecule has 0 N–H and O–H groups in total. The summed E-state index contributed by atoms with van der Waals surface area (Å²) in [5, 5.41) is 4.41. The maximum absolute atomic E-state index is 5.66. The van der Waals surface area contributed by atoms with E-state index >= 15 is 0 Å². The van der Waals surface area contributed by atoms with Crippen molar-refractivity contribution in [1.82, 2.24) is 4.57 Å². The zero-order valence-corrected chi connectivity index (χ0v) is 19.4. The monoisotopic (exact) mass is 440 g/mol. The van der Waals surface area contributed by atoms with Crippen LogP contribution in [-0.2, 0) is 11.4 Å². The summed E-state index contributed by atoms with van der Waals surface area (Å²) >= 11 is 0. The Kier molecular flexibility index (Phi) is 6.79. The Morgan fingerprint density at radius 2 is 1.55 bits per heavy atom. The third-order valence-electron chi connectivity index (χ3n) is 5.61. The van der Waals surface area contributed by atoms with Crippen molar-refractivity contribution in [2.45, 2.75) is 20.5 Å².